The van der Waals surface area contributed by atoms with Crippen molar-refractivity contribution in [3.63, 3.8) is 0 Å². The van der Waals surface area contributed by atoms with E-state index < -0.39 is 0 Å². The van der Waals surface area contributed by atoms with Gasteiger partial charge in [-0.1, -0.05) is 36.2 Å². The highest BCUT2D eigenvalue weighted by atomic mass is 35.5. The molecular formula is C18H20Cl2N2O2. The molecule has 2 aromatic carbocycles. The number of carbonyl (C=O) groups excluding carboxylic acids is 1. The molecule has 128 valence electrons. The third kappa shape index (κ3) is 5.95. The quantitative estimate of drug-likeness (QED) is 0.705. The van der Waals surface area contributed by atoms with Crippen molar-refractivity contribution in [2.45, 2.75) is 26.4 Å². The van der Waals surface area contributed by atoms with Crippen LogP contribution < -0.4 is 15.4 Å². The Morgan fingerprint density at radius 1 is 1.12 bits per heavy atom. The van der Waals surface area contributed by atoms with Gasteiger partial charge in [0.2, 0.25) is 5.91 Å². The van der Waals surface area contributed by atoms with Gasteiger partial charge in [-0.2, -0.15) is 0 Å². The lowest BCUT2D eigenvalue weighted by Crippen LogP contribution is -2.21. The number of carbonyl (C=O) groups is 1. The second-order valence-electron chi connectivity index (χ2n) is 5.42. The molecular weight excluding hydrogens is 347 g/mol. The summed E-state index contributed by atoms with van der Waals surface area (Å²) in [6.45, 7) is 4.17. The zero-order chi connectivity index (χ0) is 17.5. The lowest BCUT2D eigenvalue weighted by atomic mass is 10.2. The van der Waals surface area contributed by atoms with Crippen molar-refractivity contribution in [2.75, 3.05) is 17.2 Å². The summed E-state index contributed by atoms with van der Waals surface area (Å²) in [4.78, 5) is 12.1. The second-order valence-corrected chi connectivity index (χ2v) is 6.30. The minimum Gasteiger partial charge on any atom is -0.491 e. The van der Waals surface area contributed by atoms with Crippen LogP contribution in [0.1, 0.15) is 20.3 Å². The summed E-state index contributed by atoms with van der Waals surface area (Å²) in [6, 6.07) is 12.4. The topological polar surface area (TPSA) is 50.4 Å². The molecule has 0 aromatic heterocycles. The van der Waals surface area contributed by atoms with Crippen molar-refractivity contribution in [3.05, 3.63) is 52.5 Å². The van der Waals surface area contributed by atoms with Gasteiger partial charge in [-0.3, -0.25) is 4.79 Å². The minimum absolute atomic E-state index is 0.104. The molecule has 0 saturated carbocycles. The average Bonchev–Trinajstić information content (AvgIpc) is 2.52. The van der Waals surface area contributed by atoms with Crippen LogP contribution in [0.4, 0.5) is 11.4 Å². The molecule has 2 rings (SSSR count). The molecule has 0 fully saturated rings. The predicted molar refractivity (Wildman–Crippen MR) is 100 cm³/mol. The highest BCUT2D eigenvalue weighted by Crippen LogP contribution is 2.22. The molecule has 2 aromatic rings. The van der Waals surface area contributed by atoms with E-state index in [1.165, 1.54) is 0 Å². The number of hydrogen-bond acceptors (Lipinski definition) is 3. The average molecular weight is 367 g/mol. The number of amides is 1. The zero-order valence-corrected chi connectivity index (χ0v) is 15.1. The summed E-state index contributed by atoms with van der Waals surface area (Å²) in [5.41, 5.74) is 1.38. The fraction of sp³-hybridized carbons (Fsp3) is 0.278. The molecule has 0 heterocycles. The van der Waals surface area contributed by atoms with E-state index in [1.807, 2.05) is 25.1 Å². The lowest BCUT2D eigenvalue weighted by Gasteiger charge is -2.14. The van der Waals surface area contributed by atoms with E-state index in [0.717, 1.165) is 12.2 Å². The van der Waals surface area contributed by atoms with Crippen molar-refractivity contribution in [3.8, 4) is 5.75 Å². The number of halogens is 2. The number of anilines is 2. The molecule has 0 saturated heterocycles. The summed E-state index contributed by atoms with van der Waals surface area (Å²) < 4.78 is 5.75. The number of hydrogen-bond donors (Lipinski definition) is 2. The molecule has 1 unspecified atom stereocenters. The van der Waals surface area contributed by atoms with Gasteiger partial charge in [0.15, 0.2) is 0 Å². The third-order valence-corrected chi connectivity index (χ3v) is 3.78. The Hall–Kier alpha value is -1.91. The Morgan fingerprint density at radius 2 is 1.83 bits per heavy atom. The first kappa shape index (κ1) is 18.4. The number of ether oxygens (including phenoxy) is 1. The molecule has 4 nitrogen and oxygen atoms in total. The molecule has 0 bridgehead atoms. The van der Waals surface area contributed by atoms with Crippen LogP contribution in [-0.4, -0.2) is 18.6 Å². The van der Waals surface area contributed by atoms with Gasteiger partial charge in [0.05, 0.1) is 12.6 Å². The molecule has 24 heavy (non-hydrogen) atoms. The molecule has 0 aliphatic carbocycles. The smallest absolute Gasteiger partial charge is 0.243 e. The van der Waals surface area contributed by atoms with E-state index in [0.29, 0.717) is 21.4 Å². The number of nitrogens with one attached hydrogen (secondary N) is 2. The highest BCUT2D eigenvalue weighted by Gasteiger charge is 2.06. The molecule has 1 amide bonds. The molecule has 0 aliphatic heterocycles. The van der Waals surface area contributed by atoms with Crippen LogP contribution in [0, 0.1) is 0 Å². The molecule has 6 heteroatoms. The van der Waals surface area contributed by atoms with Gasteiger partial charge >= 0.3 is 0 Å². The van der Waals surface area contributed by atoms with Gasteiger partial charge in [-0.05, 0) is 43.7 Å². The van der Waals surface area contributed by atoms with Crippen molar-refractivity contribution in [1.82, 2.24) is 0 Å². The Kier molecular flexibility index (Phi) is 6.76. The Morgan fingerprint density at radius 3 is 2.50 bits per heavy atom. The first-order valence-corrected chi connectivity index (χ1v) is 8.48. The summed E-state index contributed by atoms with van der Waals surface area (Å²) in [7, 11) is 0. The van der Waals surface area contributed by atoms with E-state index in [1.54, 1.807) is 24.3 Å². The van der Waals surface area contributed by atoms with Crippen LogP contribution in [0.3, 0.4) is 0 Å². The maximum Gasteiger partial charge on any atom is 0.243 e. The summed E-state index contributed by atoms with van der Waals surface area (Å²) in [5, 5.41) is 6.84. The van der Waals surface area contributed by atoms with Crippen LogP contribution in [0.25, 0.3) is 0 Å². The van der Waals surface area contributed by atoms with Gasteiger partial charge < -0.3 is 15.4 Å². The predicted octanol–water partition coefficient (Wildman–Crippen LogP) is 5.22. The van der Waals surface area contributed by atoms with Crippen LogP contribution in [0.2, 0.25) is 10.0 Å². The Bertz CT molecular complexity index is 687. The largest absolute Gasteiger partial charge is 0.491 e. The fourth-order valence-electron chi connectivity index (χ4n) is 2.01. The minimum atomic E-state index is -0.174. The SMILES string of the molecule is CCC(C)Oc1cccc(NC(=O)CNc2cc(Cl)cc(Cl)c2)c1. The molecule has 1 atom stereocenters. The highest BCUT2D eigenvalue weighted by molar-refractivity contribution is 6.35. The molecule has 0 spiro atoms. The van der Waals surface area contributed by atoms with Gasteiger partial charge in [0, 0.05) is 27.5 Å². The van der Waals surface area contributed by atoms with E-state index in [4.69, 9.17) is 27.9 Å². The van der Waals surface area contributed by atoms with Crippen molar-refractivity contribution in [1.29, 1.82) is 0 Å². The Balaban J connectivity index is 1.91. The monoisotopic (exact) mass is 366 g/mol. The lowest BCUT2D eigenvalue weighted by molar-refractivity contribution is -0.114. The summed E-state index contributed by atoms with van der Waals surface area (Å²) in [5.74, 6) is 0.559. The van der Waals surface area contributed by atoms with Crippen LogP contribution in [0.15, 0.2) is 42.5 Å². The number of benzene rings is 2. The van der Waals surface area contributed by atoms with Crippen molar-refractivity contribution >= 4 is 40.5 Å². The third-order valence-electron chi connectivity index (χ3n) is 3.35. The second kappa shape index (κ2) is 8.81. The van der Waals surface area contributed by atoms with E-state index in [2.05, 4.69) is 17.6 Å². The summed E-state index contributed by atoms with van der Waals surface area (Å²) in [6.07, 6.45) is 1.05. The van der Waals surface area contributed by atoms with Crippen LogP contribution >= 0.6 is 23.2 Å². The van der Waals surface area contributed by atoms with Gasteiger partial charge in [-0.15, -0.1) is 0 Å². The molecule has 0 aliphatic rings. The van der Waals surface area contributed by atoms with Gasteiger partial charge in [0.25, 0.3) is 0 Å². The molecule has 2 N–H and O–H groups in total. The van der Waals surface area contributed by atoms with Crippen molar-refractivity contribution < 1.29 is 9.53 Å². The maximum absolute atomic E-state index is 12.1. The van der Waals surface area contributed by atoms with Crippen molar-refractivity contribution in [2.24, 2.45) is 0 Å². The van der Waals surface area contributed by atoms with E-state index in [-0.39, 0.29) is 18.6 Å². The Labute approximate surface area is 152 Å². The summed E-state index contributed by atoms with van der Waals surface area (Å²) >= 11 is 11.9. The normalized spacial score (nSPS) is 11.7. The van der Waals surface area contributed by atoms with E-state index in [9.17, 15) is 4.79 Å². The van der Waals surface area contributed by atoms with Crippen LogP contribution in [0.5, 0.6) is 5.75 Å². The van der Waals surface area contributed by atoms with Gasteiger partial charge in [0.1, 0.15) is 5.75 Å². The van der Waals surface area contributed by atoms with Crippen LogP contribution in [-0.2, 0) is 4.79 Å². The first-order valence-electron chi connectivity index (χ1n) is 7.73. The maximum atomic E-state index is 12.1. The standard InChI is InChI=1S/C18H20Cl2N2O2/c1-3-12(2)24-17-6-4-5-15(10-17)22-18(23)11-21-16-8-13(19)7-14(20)9-16/h4-10,12,21H,3,11H2,1-2H3,(H,22,23). The zero-order valence-electron chi connectivity index (χ0n) is 13.6. The first-order chi connectivity index (χ1) is 11.5. The molecule has 0 radical (unpaired) electrons. The number of rotatable bonds is 7. The van der Waals surface area contributed by atoms with Gasteiger partial charge in [-0.25, -0.2) is 0 Å². The fourth-order valence-corrected chi connectivity index (χ4v) is 2.53. The van der Waals surface area contributed by atoms with E-state index >= 15 is 0 Å².